The van der Waals surface area contributed by atoms with Crippen molar-refractivity contribution < 1.29 is 0 Å². The first kappa shape index (κ1) is 13.2. The summed E-state index contributed by atoms with van der Waals surface area (Å²) in [6.45, 7) is 5.02. The van der Waals surface area contributed by atoms with Gasteiger partial charge in [-0.3, -0.25) is 0 Å². The van der Waals surface area contributed by atoms with Gasteiger partial charge in [0.15, 0.2) is 0 Å². The molecule has 18 heavy (non-hydrogen) atoms. The molecule has 0 aliphatic rings. The number of nitrogens with two attached hydrogens (primary N) is 1. The topological polar surface area (TPSA) is 26.0 Å². The van der Waals surface area contributed by atoms with E-state index >= 15 is 0 Å². The van der Waals surface area contributed by atoms with Gasteiger partial charge in [-0.1, -0.05) is 55.9 Å². The third-order valence-corrected chi connectivity index (χ3v) is 4.09. The van der Waals surface area contributed by atoms with Crippen LogP contribution in [0.15, 0.2) is 58.3 Å². The van der Waals surface area contributed by atoms with Crippen molar-refractivity contribution in [2.24, 2.45) is 5.73 Å². The van der Waals surface area contributed by atoms with Crippen LogP contribution in [0.4, 0.5) is 0 Å². The van der Waals surface area contributed by atoms with Crippen molar-refractivity contribution in [3.63, 3.8) is 0 Å². The van der Waals surface area contributed by atoms with Gasteiger partial charge in [0.25, 0.3) is 0 Å². The Hall–Kier alpha value is -1.25. The molecular weight excluding hydrogens is 238 g/mol. The minimum absolute atomic E-state index is 0.584. The first-order chi connectivity index (χ1) is 8.70. The van der Waals surface area contributed by atoms with E-state index in [1.165, 1.54) is 20.9 Å². The lowest BCUT2D eigenvalue weighted by molar-refractivity contribution is 0.865. The van der Waals surface area contributed by atoms with Gasteiger partial charge in [0.1, 0.15) is 0 Å². The van der Waals surface area contributed by atoms with Crippen LogP contribution < -0.4 is 5.73 Å². The van der Waals surface area contributed by atoms with Crippen LogP contribution in [0.3, 0.4) is 0 Å². The summed E-state index contributed by atoms with van der Waals surface area (Å²) in [7, 11) is 0. The predicted molar refractivity (Wildman–Crippen MR) is 79.0 cm³/mol. The van der Waals surface area contributed by atoms with Gasteiger partial charge in [-0.2, -0.15) is 0 Å². The highest BCUT2D eigenvalue weighted by molar-refractivity contribution is 7.99. The Morgan fingerprint density at radius 3 is 2.28 bits per heavy atom. The summed E-state index contributed by atoms with van der Waals surface area (Å²) in [5, 5.41) is 0. The molecule has 0 unspecified atom stereocenters. The molecular formula is C16H19NS. The van der Waals surface area contributed by atoms with E-state index in [0.29, 0.717) is 12.5 Å². The summed E-state index contributed by atoms with van der Waals surface area (Å²) in [5.74, 6) is 0.584. The largest absolute Gasteiger partial charge is 0.326 e. The van der Waals surface area contributed by atoms with Crippen LogP contribution in [0.2, 0.25) is 0 Å². The Morgan fingerprint density at radius 1 is 1.00 bits per heavy atom. The molecule has 2 N–H and O–H groups in total. The molecule has 0 aromatic heterocycles. The van der Waals surface area contributed by atoms with Crippen molar-refractivity contribution in [1.29, 1.82) is 0 Å². The average molecular weight is 257 g/mol. The van der Waals surface area contributed by atoms with Crippen LogP contribution in [-0.2, 0) is 6.54 Å². The first-order valence-corrected chi connectivity index (χ1v) is 7.08. The maximum Gasteiger partial charge on any atom is 0.0189 e. The van der Waals surface area contributed by atoms with Crippen LogP contribution in [0.5, 0.6) is 0 Å². The highest BCUT2D eigenvalue weighted by atomic mass is 32.2. The van der Waals surface area contributed by atoms with Gasteiger partial charge in [-0.05, 0) is 35.2 Å². The number of hydrogen-bond donors (Lipinski definition) is 1. The summed E-state index contributed by atoms with van der Waals surface area (Å²) >= 11 is 1.78. The Bertz CT molecular complexity index is 503. The lowest BCUT2D eigenvalue weighted by Gasteiger charge is -2.09. The molecule has 0 aliphatic heterocycles. The molecule has 2 aromatic rings. The fourth-order valence-electron chi connectivity index (χ4n) is 1.82. The molecule has 1 nitrogen and oxygen atoms in total. The molecule has 0 fully saturated rings. The Balaban J connectivity index is 2.18. The first-order valence-electron chi connectivity index (χ1n) is 6.26. The van der Waals surface area contributed by atoms with E-state index in [2.05, 4.69) is 56.3 Å². The molecule has 0 radical (unpaired) electrons. The van der Waals surface area contributed by atoms with Gasteiger partial charge in [0, 0.05) is 16.3 Å². The van der Waals surface area contributed by atoms with Gasteiger partial charge < -0.3 is 5.73 Å². The standard InChI is InChI=1S/C16H19NS/c1-12(2)13-7-9-15(10-8-13)18-16-6-4-3-5-14(16)11-17/h3-10,12H,11,17H2,1-2H3. The second kappa shape index (κ2) is 6.07. The zero-order valence-corrected chi connectivity index (χ0v) is 11.7. The third-order valence-electron chi connectivity index (χ3n) is 2.97. The fourth-order valence-corrected chi connectivity index (χ4v) is 2.77. The molecule has 0 aliphatic carbocycles. The number of rotatable bonds is 4. The molecule has 0 amide bonds. The minimum Gasteiger partial charge on any atom is -0.326 e. The van der Waals surface area contributed by atoms with Crippen molar-refractivity contribution in [2.75, 3.05) is 0 Å². The quantitative estimate of drug-likeness (QED) is 0.877. The third kappa shape index (κ3) is 3.15. The van der Waals surface area contributed by atoms with Crippen LogP contribution >= 0.6 is 11.8 Å². The average Bonchev–Trinajstić information content (AvgIpc) is 2.40. The van der Waals surface area contributed by atoms with Crippen LogP contribution in [-0.4, -0.2) is 0 Å². The van der Waals surface area contributed by atoms with Crippen molar-refractivity contribution in [2.45, 2.75) is 36.1 Å². The molecule has 2 rings (SSSR count). The van der Waals surface area contributed by atoms with Gasteiger partial charge in [0.2, 0.25) is 0 Å². The molecule has 0 bridgehead atoms. The predicted octanol–water partition coefficient (Wildman–Crippen LogP) is 4.42. The minimum atomic E-state index is 0.584. The number of hydrogen-bond acceptors (Lipinski definition) is 2. The molecule has 0 saturated carbocycles. The Labute approximate surface area is 113 Å². The molecule has 0 saturated heterocycles. The molecule has 0 atom stereocenters. The molecule has 2 heteroatoms. The van der Waals surface area contributed by atoms with Gasteiger partial charge in [0.05, 0.1) is 0 Å². The lowest BCUT2D eigenvalue weighted by Crippen LogP contribution is -1.97. The fraction of sp³-hybridized carbons (Fsp3) is 0.250. The van der Waals surface area contributed by atoms with Crippen LogP contribution in [0.1, 0.15) is 30.9 Å². The van der Waals surface area contributed by atoms with E-state index in [1.807, 2.05) is 6.07 Å². The second-order valence-corrected chi connectivity index (χ2v) is 5.75. The van der Waals surface area contributed by atoms with Crippen molar-refractivity contribution in [1.82, 2.24) is 0 Å². The highest BCUT2D eigenvalue weighted by Crippen LogP contribution is 2.31. The van der Waals surface area contributed by atoms with Gasteiger partial charge in [-0.25, -0.2) is 0 Å². The summed E-state index contributed by atoms with van der Waals surface area (Å²) in [4.78, 5) is 2.51. The molecule has 94 valence electrons. The van der Waals surface area contributed by atoms with Crippen molar-refractivity contribution >= 4 is 11.8 Å². The van der Waals surface area contributed by atoms with E-state index in [1.54, 1.807) is 11.8 Å². The molecule has 2 aromatic carbocycles. The smallest absolute Gasteiger partial charge is 0.0189 e. The van der Waals surface area contributed by atoms with E-state index in [0.717, 1.165) is 0 Å². The summed E-state index contributed by atoms with van der Waals surface area (Å²) < 4.78 is 0. The summed E-state index contributed by atoms with van der Waals surface area (Å²) in [6, 6.07) is 17.1. The molecule has 0 spiro atoms. The maximum atomic E-state index is 5.75. The second-order valence-electron chi connectivity index (χ2n) is 4.64. The SMILES string of the molecule is CC(C)c1ccc(Sc2ccccc2CN)cc1. The van der Waals surface area contributed by atoms with E-state index in [-0.39, 0.29) is 0 Å². The lowest BCUT2D eigenvalue weighted by atomic mass is 10.0. The van der Waals surface area contributed by atoms with E-state index in [9.17, 15) is 0 Å². The highest BCUT2D eigenvalue weighted by Gasteiger charge is 2.03. The maximum absolute atomic E-state index is 5.75. The van der Waals surface area contributed by atoms with Crippen LogP contribution in [0, 0.1) is 0 Å². The van der Waals surface area contributed by atoms with E-state index in [4.69, 9.17) is 5.73 Å². The zero-order valence-electron chi connectivity index (χ0n) is 10.9. The zero-order chi connectivity index (χ0) is 13.0. The normalized spacial score (nSPS) is 10.9. The summed E-state index contributed by atoms with van der Waals surface area (Å²) in [6.07, 6.45) is 0. The molecule has 0 heterocycles. The Morgan fingerprint density at radius 2 is 1.67 bits per heavy atom. The van der Waals surface area contributed by atoms with Crippen molar-refractivity contribution in [3.05, 3.63) is 59.7 Å². The Kier molecular flexibility index (Phi) is 4.45. The van der Waals surface area contributed by atoms with Crippen molar-refractivity contribution in [3.8, 4) is 0 Å². The van der Waals surface area contributed by atoms with Gasteiger partial charge in [-0.15, -0.1) is 0 Å². The monoisotopic (exact) mass is 257 g/mol. The van der Waals surface area contributed by atoms with Crippen LogP contribution in [0.25, 0.3) is 0 Å². The summed E-state index contributed by atoms with van der Waals surface area (Å²) in [5.41, 5.74) is 8.34. The van der Waals surface area contributed by atoms with E-state index < -0.39 is 0 Å². The number of benzene rings is 2. The van der Waals surface area contributed by atoms with Gasteiger partial charge >= 0.3 is 0 Å².